The topological polar surface area (TPSA) is 40.5 Å². The predicted molar refractivity (Wildman–Crippen MR) is 132 cm³/mol. The van der Waals surface area contributed by atoms with E-state index in [0.717, 1.165) is 25.2 Å². The first-order valence-corrected chi connectivity index (χ1v) is 13.8. The molecule has 0 spiro atoms. The molecule has 5 aliphatic rings. The first-order chi connectivity index (χ1) is 14.8. The van der Waals surface area contributed by atoms with Crippen LogP contribution in [0.4, 0.5) is 0 Å². The molecule has 0 radical (unpaired) electrons. The van der Waals surface area contributed by atoms with Crippen LogP contribution in [0, 0.1) is 50.2 Å². The Balaban J connectivity index is 1.57. The second-order valence-electron chi connectivity index (χ2n) is 15.1. The maximum atomic E-state index is 10.9. The number of allylic oxidation sites excluding steroid dienone is 2. The second kappa shape index (κ2) is 6.87. The number of aliphatic hydroxyl groups is 2. The lowest BCUT2D eigenvalue weighted by molar-refractivity contribution is -0.215. The zero-order chi connectivity index (χ0) is 23.4. The van der Waals surface area contributed by atoms with Crippen molar-refractivity contribution in [3.8, 4) is 0 Å². The van der Waals surface area contributed by atoms with Crippen LogP contribution in [0.25, 0.3) is 0 Å². The van der Waals surface area contributed by atoms with Crippen molar-refractivity contribution in [2.45, 2.75) is 119 Å². The van der Waals surface area contributed by atoms with Gasteiger partial charge in [-0.1, -0.05) is 60.1 Å². The van der Waals surface area contributed by atoms with Gasteiger partial charge in [0.2, 0.25) is 0 Å². The van der Waals surface area contributed by atoms with Crippen LogP contribution in [0.15, 0.2) is 11.6 Å². The molecule has 0 aliphatic heterocycles. The fourth-order valence-corrected chi connectivity index (χ4v) is 10.5. The SMILES string of the molecule is CC1(C)CC[C@]2(C)CC[C@]3(C)C(=CC[C@@H]4[C@@]5(C)CC[C@H](O)C(C)(CO)C5CC[C@]43C)[C@H]2C1. The third kappa shape index (κ3) is 2.78. The number of hydrogen-bond acceptors (Lipinski definition) is 2. The molecule has 32 heavy (non-hydrogen) atoms. The summed E-state index contributed by atoms with van der Waals surface area (Å²) in [4.78, 5) is 0. The molecule has 4 fully saturated rings. The Kier molecular flexibility index (Phi) is 5.02. The normalized spacial score (nSPS) is 56.8. The Labute approximate surface area is 197 Å². The summed E-state index contributed by atoms with van der Waals surface area (Å²) in [6, 6.07) is 0. The lowest BCUT2D eigenvalue weighted by Gasteiger charge is -2.71. The standard InChI is InChI=1S/C30H50O2/c1-25(2)14-15-26(3)16-17-29(6)20(21(26)18-25)8-9-23-27(4)12-11-24(32)28(5,19-31)22(27)10-13-30(23,29)7/h8,21-24,31-32H,9-19H2,1-7H3/t21-,22?,23-,24+,26-,27+,28?,29-,30-/m1/s1. The zero-order valence-corrected chi connectivity index (χ0v) is 22.1. The summed E-state index contributed by atoms with van der Waals surface area (Å²) in [5, 5.41) is 21.3. The molecule has 5 rings (SSSR count). The Bertz CT molecular complexity index is 814. The van der Waals surface area contributed by atoms with Crippen molar-refractivity contribution in [3.63, 3.8) is 0 Å². The molecule has 0 aromatic carbocycles. The summed E-state index contributed by atoms with van der Waals surface area (Å²) < 4.78 is 0. The van der Waals surface area contributed by atoms with Gasteiger partial charge in [-0.15, -0.1) is 0 Å². The predicted octanol–water partition coefficient (Wildman–Crippen LogP) is 7.14. The van der Waals surface area contributed by atoms with Gasteiger partial charge in [0.25, 0.3) is 0 Å². The van der Waals surface area contributed by atoms with Crippen molar-refractivity contribution < 1.29 is 10.2 Å². The summed E-state index contributed by atoms with van der Waals surface area (Å²) >= 11 is 0. The highest BCUT2D eigenvalue weighted by Gasteiger charge is 2.68. The second-order valence-corrected chi connectivity index (χ2v) is 15.1. The van der Waals surface area contributed by atoms with Crippen molar-refractivity contribution in [3.05, 3.63) is 11.6 Å². The summed E-state index contributed by atoms with van der Waals surface area (Å²) in [5.74, 6) is 1.83. The van der Waals surface area contributed by atoms with Crippen LogP contribution in [0.1, 0.15) is 113 Å². The monoisotopic (exact) mass is 442 g/mol. The molecule has 0 bridgehead atoms. The minimum atomic E-state index is -0.361. The third-order valence-corrected chi connectivity index (χ3v) is 13.2. The van der Waals surface area contributed by atoms with Gasteiger partial charge in [0.15, 0.2) is 0 Å². The molecule has 4 saturated carbocycles. The van der Waals surface area contributed by atoms with Crippen LogP contribution in [0.5, 0.6) is 0 Å². The van der Waals surface area contributed by atoms with E-state index in [2.05, 4.69) is 54.5 Å². The van der Waals surface area contributed by atoms with E-state index in [9.17, 15) is 10.2 Å². The van der Waals surface area contributed by atoms with Gasteiger partial charge >= 0.3 is 0 Å². The van der Waals surface area contributed by atoms with Crippen molar-refractivity contribution >= 4 is 0 Å². The Hall–Kier alpha value is -0.340. The zero-order valence-electron chi connectivity index (χ0n) is 22.1. The van der Waals surface area contributed by atoms with E-state index < -0.39 is 0 Å². The van der Waals surface area contributed by atoms with Gasteiger partial charge in [-0.05, 0) is 109 Å². The van der Waals surface area contributed by atoms with Gasteiger partial charge in [0.1, 0.15) is 0 Å². The van der Waals surface area contributed by atoms with Gasteiger partial charge in [0, 0.05) is 5.41 Å². The highest BCUT2D eigenvalue weighted by Crippen LogP contribution is 2.75. The van der Waals surface area contributed by atoms with Crippen molar-refractivity contribution in [1.82, 2.24) is 0 Å². The minimum Gasteiger partial charge on any atom is -0.396 e. The largest absolute Gasteiger partial charge is 0.396 e. The summed E-state index contributed by atoms with van der Waals surface area (Å²) in [6.07, 6.45) is 14.8. The molecular formula is C30H50O2. The van der Waals surface area contributed by atoms with Crippen LogP contribution in [0.3, 0.4) is 0 Å². The molecule has 0 aromatic heterocycles. The van der Waals surface area contributed by atoms with E-state index in [1.807, 2.05) is 5.57 Å². The minimum absolute atomic E-state index is 0.117. The lowest BCUT2D eigenvalue weighted by Crippen LogP contribution is -2.65. The fourth-order valence-electron chi connectivity index (χ4n) is 10.5. The molecule has 2 heteroatoms. The van der Waals surface area contributed by atoms with Gasteiger partial charge in [-0.3, -0.25) is 0 Å². The number of hydrogen-bond donors (Lipinski definition) is 2. The molecular weight excluding hydrogens is 392 g/mol. The maximum absolute atomic E-state index is 10.9. The molecule has 2 N–H and O–H groups in total. The molecule has 0 aromatic rings. The summed E-state index contributed by atoms with van der Waals surface area (Å²) in [6.45, 7) is 17.7. The van der Waals surface area contributed by atoms with Crippen molar-refractivity contribution in [2.75, 3.05) is 6.61 Å². The van der Waals surface area contributed by atoms with Crippen LogP contribution in [-0.2, 0) is 0 Å². The van der Waals surface area contributed by atoms with Crippen LogP contribution in [-0.4, -0.2) is 22.9 Å². The Morgan fingerprint density at radius 3 is 2.22 bits per heavy atom. The highest BCUT2D eigenvalue weighted by molar-refractivity contribution is 5.33. The smallest absolute Gasteiger partial charge is 0.0618 e. The summed E-state index contributed by atoms with van der Waals surface area (Å²) in [7, 11) is 0. The number of rotatable bonds is 1. The first-order valence-electron chi connectivity index (χ1n) is 13.8. The van der Waals surface area contributed by atoms with E-state index in [1.54, 1.807) is 0 Å². The Morgan fingerprint density at radius 1 is 0.844 bits per heavy atom. The van der Waals surface area contributed by atoms with Crippen molar-refractivity contribution in [1.29, 1.82) is 0 Å². The average Bonchev–Trinajstić information content (AvgIpc) is 2.73. The molecule has 0 heterocycles. The van der Waals surface area contributed by atoms with Crippen LogP contribution >= 0.6 is 0 Å². The Morgan fingerprint density at radius 2 is 1.53 bits per heavy atom. The van der Waals surface area contributed by atoms with E-state index in [4.69, 9.17) is 0 Å². The molecule has 0 saturated heterocycles. The molecule has 2 unspecified atom stereocenters. The first kappa shape index (κ1) is 23.4. The maximum Gasteiger partial charge on any atom is 0.0618 e. The van der Waals surface area contributed by atoms with Gasteiger partial charge in [0.05, 0.1) is 12.7 Å². The van der Waals surface area contributed by atoms with Gasteiger partial charge in [-0.25, -0.2) is 0 Å². The molecule has 182 valence electrons. The van der Waals surface area contributed by atoms with E-state index >= 15 is 0 Å². The molecule has 5 aliphatic carbocycles. The van der Waals surface area contributed by atoms with Crippen molar-refractivity contribution in [2.24, 2.45) is 50.2 Å². The van der Waals surface area contributed by atoms with Crippen LogP contribution < -0.4 is 0 Å². The quantitative estimate of drug-likeness (QED) is 0.424. The van der Waals surface area contributed by atoms with E-state index in [0.29, 0.717) is 33.5 Å². The van der Waals surface area contributed by atoms with E-state index in [-0.39, 0.29) is 23.5 Å². The van der Waals surface area contributed by atoms with Crippen LogP contribution in [0.2, 0.25) is 0 Å². The average molecular weight is 443 g/mol. The fraction of sp³-hybridized carbons (Fsp3) is 0.933. The number of aliphatic hydroxyl groups excluding tert-OH is 2. The third-order valence-electron chi connectivity index (χ3n) is 13.2. The number of fused-ring (bicyclic) bond motifs is 7. The van der Waals surface area contributed by atoms with Gasteiger partial charge in [-0.2, -0.15) is 0 Å². The molecule has 9 atom stereocenters. The lowest BCUT2D eigenvalue weighted by atomic mass is 9.33. The van der Waals surface area contributed by atoms with E-state index in [1.165, 1.54) is 44.9 Å². The molecule has 2 nitrogen and oxygen atoms in total. The molecule has 0 amide bonds. The van der Waals surface area contributed by atoms with Gasteiger partial charge < -0.3 is 10.2 Å². The summed E-state index contributed by atoms with van der Waals surface area (Å²) in [5.41, 5.74) is 3.28. The highest BCUT2D eigenvalue weighted by atomic mass is 16.3.